The van der Waals surface area contributed by atoms with Crippen molar-refractivity contribution in [3.8, 4) is 33.0 Å². The number of fused-ring (bicyclic) bond motifs is 4. The zero-order valence-electron chi connectivity index (χ0n) is 41.2. The van der Waals surface area contributed by atoms with E-state index in [1.807, 2.05) is 36.4 Å². The Hall–Kier alpha value is -7.32. The number of para-hydroxylation sites is 2. The Labute approximate surface area is 450 Å². The van der Waals surface area contributed by atoms with E-state index >= 15 is 0 Å². The lowest BCUT2D eigenvalue weighted by molar-refractivity contribution is -0.133. The van der Waals surface area contributed by atoms with E-state index in [4.69, 9.17) is 0 Å². The molecule has 0 atom stereocenters. The summed E-state index contributed by atoms with van der Waals surface area (Å²) < 4.78 is 0. The van der Waals surface area contributed by atoms with Crippen molar-refractivity contribution in [1.29, 1.82) is 10.5 Å². The molecule has 0 aliphatic carbocycles. The zero-order chi connectivity index (χ0) is 51.6. The molecule has 4 heterocycles. The van der Waals surface area contributed by atoms with E-state index in [0.29, 0.717) is 9.75 Å². The molecule has 7 aromatic rings. The summed E-state index contributed by atoms with van der Waals surface area (Å²) >= 11 is 6.39. The number of thiophene rings is 2. The number of anilines is 4. The van der Waals surface area contributed by atoms with Crippen LogP contribution >= 0.6 is 46.2 Å². The summed E-state index contributed by atoms with van der Waals surface area (Å²) in [6, 6.07) is 46.0. The molecule has 0 spiro atoms. The first kappa shape index (κ1) is 51.6. The van der Waals surface area contributed by atoms with Crippen LogP contribution < -0.4 is 9.80 Å². The van der Waals surface area contributed by atoms with Crippen molar-refractivity contribution in [2.75, 3.05) is 22.9 Å². The minimum absolute atomic E-state index is 0.346. The Morgan fingerprint density at radius 3 is 1.32 bits per heavy atom. The number of hydrogen-bond donors (Lipinski definition) is 2. The lowest BCUT2D eigenvalue weighted by atomic mass is 9.95. The molecule has 0 amide bonds. The van der Waals surface area contributed by atoms with Crippen LogP contribution in [0.15, 0.2) is 152 Å². The van der Waals surface area contributed by atoms with Crippen LogP contribution in [0.3, 0.4) is 0 Å². The first-order chi connectivity index (χ1) is 36.1. The topological polar surface area (TPSA) is 129 Å². The Balaban J connectivity index is 1.15. The molecule has 0 fully saturated rings. The molecule has 0 radical (unpaired) electrons. The summed E-state index contributed by atoms with van der Waals surface area (Å²) in [7, 11) is 0. The van der Waals surface area contributed by atoms with Gasteiger partial charge in [-0.05, 0) is 143 Å². The van der Waals surface area contributed by atoms with Crippen LogP contribution in [0.4, 0.5) is 22.7 Å². The highest BCUT2D eigenvalue weighted by Crippen LogP contribution is 2.50. The summed E-state index contributed by atoms with van der Waals surface area (Å²) in [5.41, 5.74) is 9.86. The molecule has 0 unspecified atom stereocenters. The highest BCUT2D eigenvalue weighted by atomic mass is 32.2. The van der Waals surface area contributed by atoms with E-state index in [1.54, 1.807) is 23.5 Å². The fourth-order valence-electron chi connectivity index (χ4n) is 9.21. The minimum atomic E-state index is -1.28. The molecule has 0 saturated carbocycles. The number of carbonyl (C=O) groups is 2. The standard InChI is InChI=1S/C62H54N4O4S4/c1-3-5-7-13-31-65-51-15-9-11-17-57(51)73-59-33-41(21-27-53(59)65)19-23-43-37-50(56-30-26-48(72-56)36-46(40-64)62(69)70)44(38-49(43)55-29-25-47(71-55)35-45(39-63)61(67)68)24-20-42-22-28-54-60(34-42)74-58-18-12-10-16-52(58)66(54)32-14-8-6-4-2/h9-12,15-30,33-38H,3-8,13-14,31-32H2,1-2H3,(H,67,68)(H,69,70)/b23-19+,24-20+,45-35-,46-36-. The fraction of sp³-hybridized carbons (Fsp3) is 0.194. The molecular formula is C62H54N4O4S4. The number of carboxylic acids is 2. The molecule has 8 nitrogen and oxygen atoms in total. The van der Waals surface area contributed by atoms with E-state index < -0.39 is 11.9 Å². The van der Waals surface area contributed by atoms with Gasteiger partial charge in [-0.3, -0.25) is 0 Å². The van der Waals surface area contributed by atoms with E-state index in [2.05, 4.69) is 145 Å². The van der Waals surface area contributed by atoms with Crippen molar-refractivity contribution in [3.05, 3.63) is 164 Å². The molecule has 0 bridgehead atoms. The lowest BCUT2D eigenvalue weighted by Crippen LogP contribution is -2.22. The molecule has 5 aromatic carbocycles. The van der Waals surface area contributed by atoms with Crippen molar-refractivity contribution in [2.45, 2.75) is 84.8 Å². The second-order valence-electron chi connectivity index (χ2n) is 18.1. The van der Waals surface area contributed by atoms with Crippen LogP contribution in [0.1, 0.15) is 97.2 Å². The molecule has 9 rings (SSSR count). The van der Waals surface area contributed by atoms with Gasteiger partial charge in [0.05, 0.1) is 22.7 Å². The number of aliphatic carboxylic acids is 2. The van der Waals surface area contributed by atoms with Gasteiger partial charge in [0.25, 0.3) is 0 Å². The average Bonchev–Trinajstić information content (AvgIpc) is 4.10. The number of nitrogens with zero attached hydrogens (tertiary/aromatic N) is 4. The highest BCUT2D eigenvalue weighted by Gasteiger charge is 2.25. The smallest absolute Gasteiger partial charge is 0.346 e. The zero-order valence-corrected chi connectivity index (χ0v) is 44.5. The molecule has 74 heavy (non-hydrogen) atoms. The Kier molecular flexibility index (Phi) is 16.8. The number of benzene rings is 5. The maximum absolute atomic E-state index is 11.9. The van der Waals surface area contributed by atoms with E-state index in [0.717, 1.165) is 69.1 Å². The van der Waals surface area contributed by atoms with Gasteiger partial charge in [-0.25, -0.2) is 9.59 Å². The van der Waals surface area contributed by atoms with Crippen molar-refractivity contribution < 1.29 is 19.8 Å². The molecule has 2 aliphatic heterocycles. The van der Waals surface area contributed by atoms with Crippen LogP contribution in [0.5, 0.6) is 0 Å². The van der Waals surface area contributed by atoms with Gasteiger partial charge in [0.2, 0.25) is 0 Å². The monoisotopic (exact) mass is 1050 g/mol. The number of carboxylic acid groups (broad SMARTS) is 2. The first-order valence-electron chi connectivity index (χ1n) is 25.0. The number of nitriles is 2. The first-order valence-corrected chi connectivity index (χ1v) is 28.2. The summed E-state index contributed by atoms with van der Waals surface area (Å²) in [5, 5.41) is 38.7. The number of hydrogen-bond acceptors (Lipinski definition) is 10. The predicted octanol–water partition coefficient (Wildman–Crippen LogP) is 17.8. The summed E-state index contributed by atoms with van der Waals surface area (Å²) in [6.07, 6.45) is 20.7. The molecule has 2 aliphatic rings. The normalized spacial score (nSPS) is 13.1. The fourth-order valence-corrected chi connectivity index (χ4v) is 13.5. The van der Waals surface area contributed by atoms with Crippen molar-refractivity contribution >= 4 is 117 Å². The Bertz CT molecular complexity index is 3230. The number of rotatable bonds is 20. The van der Waals surface area contributed by atoms with Crippen LogP contribution in [-0.2, 0) is 9.59 Å². The number of unbranched alkanes of at least 4 members (excludes halogenated alkanes) is 6. The molecular weight excluding hydrogens is 993 g/mol. The minimum Gasteiger partial charge on any atom is -0.477 e. The van der Waals surface area contributed by atoms with Crippen LogP contribution in [0, 0.1) is 22.7 Å². The molecule has 370 valence electrons. The quantitative estimate of drug-likeness (QED) is 0.0329. The molecule has 12 heteroatoms. The lowest BCUT2D eigenvalue weighted by Gasteiger charge is -2.33. The van der Waals surface area contributed by atoms with Gasteiger partial charge in [-0.2, -0.15) is 10.5 Å². The van der Waals surface area contributed by atoms with Crippen LogP contribution in [0.25, 0.3) is 57.3 Å². The summed E-state index contributed by atoms with van der Waals surface area (Å²) in [4.78, 5) is 36.6. The Morgan fingerprint density at radius 1 is 0.500 bits per heavy atom. The molecule has 2 aromatic heterocycles. The second kappa shape index (κ2) is 24.1. The second-order valence-corrected chi connectivity index (χ2v) is 22.5. The summed E-state index contributed by atoms with van der Waals surface area (Å²) in [6.45, 7) is 6.36. The van der Waals surface area contributed by atoms with Crippen molar-refractivity contribution in [1.82, 2.24) is 0 Å². The van der Waals surface area contributed by atoms with Gasteiger partial charge in [-0.15, -0.1) is 22.7 Å². The maximum atomic E-state index is 11.9. The van der Waals surface area contributed by atoms with Gasteiger partial charge in [0.15, 0.2) is 0 Å². The van der Waals surface area contributed by atoms with Gasteiger partial charge >= 0.3 is 11.9 Å². The van der Waals surface area contributed by atoms with Gasteiger partial charge < -0.3 is 20.0 Å². The van der Waals surface area contributed by atoms with Gasteiger partial charge in [-0.1, -0.05) is 137 Å². The average molecular weight is 1050 g/mol. The maximum Gasteiger partial charge on any atom is 0.346 e. The highest BCUT2D eigenvalue weighted by molar-refractivity contribution is 8.00. The SMILES string of the molecule is CCCCCCN1c2ccccc2Sc2cc(/C=C/c3cc(-c4ccc(/C=C(/C#N)C(=O)O)s4)c(/C=C/c4ccc5c(c4)Sc4ccccc4N5CCCCCC)cc3-c3ccc(/C=C(/C#N)C(=O)O)s3)ccc21. The summed E-state index contributed by atoms with van der Waals surface area (Å²) in [5.74, 6) is -2.57. The molecule has 0 saturated heterocycles. The van der Waals surface area contributed by atoms with Crippen LogP contribution in [-0.4, -0.2) is 35.2 Å². The Morgan fingerprint density at radius 2 is 0.919 bits per heavy atom. The van der Waals surface area contributed by atoms with Crippen molar-refractivity contribution in [2.24, 2.45) is 0 Å². The van der Waals surface area contributed by atoms with E-state index in [-0.39, 0.29) is 11.1 Å². The third kappa shape index (κ3) is 11.9. The molecule has 2 N–H and O–H groups in total. The van der Waals surface area contributed by atoms with E-state index in [9.17, 15) is 30.3 Å². The largest absolute Gasteiger partial charge is 0.477 e. The predicted molar refractivity (Wildman–Crippen MR) is 310 cm³/mol. The van der Waals surface area contributed by atoms with Crippen LogP contribution in [0.2, 0.25) is 0 Å². The van der Waals surface area contributed by atoms with Gasteiger partial charge in [0, 0.05) is 52.2 Å². The van der Waals surface area contributed by atoms with Crippen molar-refractivity contribution in [3.63, 3.8) is 0 Å². The third-order valence-electron chi connectivity index (χ3n) is 13.0. The van der Waals surface area contributed by atoms with Gasteiger partial charge in [0.1, 0.15) is 23.3 Å². The third-order valence-corrected chi connectivity index (χ3v) is 17.3. The van der Waals surface area contributed by atoms with E-state index in [1.165, 1.54) is 116 Å².